The molecule has 0 spiro atoms. The minimum atomic E-state index is -0.157. The fraction of sp³-hybridized carbons (Fsp3) is 0.562. The highest BCUT2D eigenvalue weighted by molar-refractivity contribution is 5.76. The van der Waals surface area contributed by atoms with Crippen molar-refractivity contribution in [1.82, 2.24) is 30.0 Å². The fourth-order valence-electron chi connectivity index (χ4n) is 3.16. The van der Waals surface area contributed by atoms with Crippen molar-refractivity contribution in [1.29, 1.82) is 0 Å². The van der Waals surface area contributed by atoms with E-state index in [0.29, 0.717) is 30.0 Å². The van der Waals surface area contributed by atoms with Crippen molar-refractivity contribution >= 4 is 5.91 Å². The van der Waals surface area contributed by atoms with Crippen molar-refractivity contribution in [3.05, 3.63) is 39.1 Å². The Balaban J connectivity index is 1.57. The van der Waals surface area contributed by atoms with Crippen molar-refractivity contribution < 1.29 is 4.79 Å². The molecule has 1 aliphatic rings. The van der Waals surface area contributed by atoms with Crippen LogP contribution < -0.4 is 10.9 Å². The number of nitrogens with zero attached hydrogens (tertiary/aromatic N) is 4. The highest BCUT2D eigenvalue weighted by atomic mass is 16.1. The van der Waals surface area contributed by atoms with Gasteiger partial charge in [0.05, 0.1) is 0 Å². The number of rotatable bonds is 4. The minimum absolute atomic E-state index is 0.0476. The Kier molecular flexibility index (Phi) is 4.46. The van der Waals surface area contributed by atoms with Gasteiger partial charge in [-0.15, -0.1) is 10.2 Å². The highest BCUT2D eigenvalue weighted by Crippen LogP contribution is 2.14. The third kappa shape index (κ3) is 3.37. The Morgan fingerprint density at radius 1 is 1.33 bits per heavy atom. The van der Waals surface area contributed by atoms with E-state index < -0.39 is 0 Å². The topological polar surface area (TPSA) is 106 Å². The van der Waals surface area contributed by atoms with E-state index >= 15 is 0 Å². The van der Waals surface area contributed by atoms with Gasteiger partial charge in [0.25, 0.3) is 5.56 Å². The molecule has 2 N–H and O–H groups in total. The summed E-state index contributed by atoms with van der Waals surface area (Å²) in [7, 11) is 0. The lowest BCUT2D eigenvalue weighted by atomic mass is 10.1. The summed E-state index contributed by atoms with van der Waals surface area (Å²) in [6, 6.07) is 0.0789. The Hall–Kier alpha value is -2.51. The second-order valence-electron chi connectivity index (χ2n) is 6.29. The summed E-state index contributed by atoms with van der Waals surface area (Å²) in [6.07, 6.45) is 2.34. The zero-order valence-corrected chi connectivity index (χ0v) is 14.2. The number of nitrogens with one attached hydrogen (secondary N) is 2. The molecular formula is C16H22N6O2. The molecule has 0 fully saturated rings. The molecule has 1 amide bonds. The third-order valence-electron chi connectivity index (χ3n) is 4.44. The number of fused-ring (bicyclic) bond motifs is 1. The Labute approximate surface area is 139 Å². The number of aromatic nitrogens is 5. The zero-order valence-electron chi connectivity index (χ0n) is 14.2. The summed E-state index contributed by atoms with van der Waals surface area (Å²) in [4.78, 5) is 31.1. The molecule has 2 aromatic heterocycles. The van der Waals surface area contributed by atoms with Gasteiger partial charge in [-0.1, -0.05) is 0 Å². The van der Waals surface area contributed by atoms with Gasteiger partial charge < -0.3 is 14.9 Å². The van der Waals surface area contributed by atoms with Crippen LogP contribution in [0, 0.1) is 20.8 Å². The van der Waals surface area contributed by atoms with Gasteiger partial charge in [0, 0.05) is 36.7 Å². The van der Waals surface area contributed by atoms with E-state index in [0.717, 1.165) is 24.5 Å². The predicted octanol–water partition coefficient (Wildman–Crippen LogP) is 0.350. The lowest BCUT2D eigenvalue weighted by molar-refractivity contribution is -0.122. The van der Waals surface area contributed by atoms with Crippen LogP contribution in [0.2, 0.25) is 0 Å². The van der Waals surface area contributed by atoms with Gasteiger partial charge >= 0.3 is 0 Å². The molecule has 0 saturated carbocycles. The number of carbonyl (C=O) groups excluding carboxylic acids is 1. The number of hydrogen-bond donors (Lipinski definition) is 2. The molecule has 24 heavy (non-hydrogen) atoms. The molecule has 3 heterocycles. The summed E-state index contributed by atoms with van der Waals surface area (Å²) in [5.41, 5.74) is 1.11. The third-order valence-corrected chi connectivity index (χ3v) is 4.44. The molecule has 128 valence electrons. The van der Waals surface area contributed by atoms with Crippen molar-refractivity contribution in [2.45, 2.75) is 59.0 Å². The lowest BCUT2D eigenvalue weighted by Gasteiger charge is -2.25. The fourth-order valence-corrected chi connectivity index (χ4v) is 3.16. The van der Waals surface area contributed by atoms with Crippen LogP contribution in [0.3, 0.4) is 0 Å². The van der Waals surface area contributed by atoms with Gasteiger partial charge in [-0.2, -0.15) is 0 Å². The first-order chi connectivity index (χ1) is 11.4. The van der Waals surface area contributed by atoms with Gasteiger partial charge in [0.1, 0.15) is 17.5 Å². The first-order valence-corrected chi connectivity index (χ1v) is 8.18. The molecular weight excluding hydrogens is 308 g/mol. The molecule has 0 aromatic carbocycles. The molecule has 0 radical (unpaired) electrons. The number of hydrogen-bond acceptors (Lipinski definition) is 5. The summed E-state index contributed by atoms with van der Waals surface area (Å²) >= 11 is 0. The second kappa shape index (κ2) is 6.54. The summed E-state index contributed by atoms with van der Waals surface area (Å²) in [6.45, 7) is 6.16. The number of carbonyl (C=O) groups is 1. The number of aryl methyl sites for hydroxylation is 4. The zero-order chi connectivity index (χ0) is 17.3. The van der Waals surface area contributed by atoms with E-state index in [1.54, 1.807) is 13.8 Å². The largest absolute Gasteiger partial charge is 0.352 e. The predicted molar refractivity (Wildman–Crippen MR) is 87.7 cm³/mol. The lowest BCUT2D eigenvalue weighted by Crippen LogP contribution is -2.41. The van der Waals surface area contributed by atoms with Crippen LogP contribution in [0.15, 0.2) is 4.79 Å². The maximum atomic E-state index is 12.2. The molecule has 8 nitrogen and oxygen atoms in total. The molecule has 8 heteroatoms. The van der Waals surface area contributed by atoms with Crippen LogP contribution in [0.5, 0.6) is 0 Å². The van der Waals surface area contributed by atoms with Gasteiger partial charge in [-0.05, 0) is 33.6 Å². The quantitative estimate of drug-likeness (QED) is 0.841. The molecule has 0 saturated heterocycles. The van der Waals surface area contributed by atoms with E-state index in [1.807, 2.05) is 11.5 Å². The summed E-state index contributed by atoms with van der Waals surface area (Å²) in [5.74, 6) is 2.39. The summed E-state index contributed by atoms with van der Waals surface area (Å²) < 4.78 is 2.05. The second-order valence-corrected chi connectivity index (χ2v) is 6.29. The average molecular weight is 330 g/mol. The maximum Gasteiger partial charge on any atom is 0.254 e. The van der Waals surface area contributed by atoms with Crippen molar-refractivity contribution in [2.75, 3.05) is 0 Å². The Morgan fingerprint density at radius 2 is 2.12 bits per heavy atom. The normalized spacial score (nSPS) is 16.7. The maximum absolute atomic E-state index is 12.2. The molecule has 0 aliphatic carbocycles. The smallest absolute Gasteiger partial charge is 0.254 e. The van der Waals surface area contributed by atoms with Crippen molar-refractivity contribution in [3.8, 4) is 0 Å². The summed E-state index contributed by atoms with van der Waals surface area (Å²) in [5, 5.41) is 11.2. The van der Waals surface area contributed by atoms with Gasteiger partial charge in [0.2, 0.25) is 5.91 Å². The number of aromatic amines is 1. The standard InChI is InChI=1S/C16H22N6O2/c1-9-13(16(24)18-10(2)17-9)5-7-15(23)19-12-4-6-14-21-20-11(3)22(14)8-12/h12H,4-8H2,1-3H3,(H,19,23)(H,17,18,24). The minimum Gasteiger partial charge on any atom is -0.352 e. The molecule has 0 bridgehead atoms. The van der Waals surface area contributed by atoms with E-state index in [-0.39, 0.29) is 23.9 Å². The number of H-pyrrole nitrogens is 1. The van der Waals surface area contributed by atoms with E-state index in [4.69, 9.17) is 0 Å². The Bertz CT molecular complexity index is 822. The van der Waals surface area contributed by atoms with Crippen LogP contribution in [-0.2, 0) is 24.2 Å². The van der Waals surface area contributed by atoms with Crippen LogP contribution in [0.4, 0.5) is 0 Å². The molecule has 1 aliphatic heterocycles. The van der Waals surface area contributed by atoms with Crippen molar-refractivity contribution in [3.63, 3.8) is 0 Å². The molecule has 3 rings (SSSR count). The van der Waals surface area contributed by atoms with Crippen LogP contribution >= 0.6 is 0 Å². The van der Waals surface area contributed by atoms with Gasteiger partial charge in [0.15, 0.2) is 0 Å². The van der Waals surface area contributed by atoms with Crippen LogP contribution in [0.25, 0.3) is 0 Å². The SMILES string of the molecule is Cc1nc(C)c(CCC(=O)NC2CCc3nnc(C)n3C2)c(=O)[nH]1. The van der Waals surface area contributed by atoms with E-state index in [2.05, 4.69) is 25.5 Å². The molecule has 1 unspecified atom stereocenters. The van der Waals surface area contributed by atoms with Crippen LogP contribution in [0.1, 0.15) is 41.6 Å². The molecule has 1 atom stereocenters. The van der Waals surface area contributed by atoms with Crippen LogP contribution in [-0.4, -0.2) is 36.7 Å². The van der Waals surface area contributed by atoms with E-state index in [1.165, 1.54) is 0 Å². The average Bonchev–Trinajstić information content (AvgIpc) is 2.87. The van der Waals surface area contributed by atoms with E-state index in [9.17, 15) is 9.59 Å². The van der Waals surface area contributed by atoms with Crippen molar-refractivity contribution in [2.24, 2.45) is 0 Å². The van der Waals surface area contributed by atoms with Gasteiger partial charge in [-0.3, -0.25) is 9.59 Å². The first kappa shape index (κ1) is 16.4. The van der Waals surface area contributed by atoms with Gasteiger partial charge in [-0.25, -0.2) is 4.98 Å². The Morgan fingerprint density at radius 3 is 2.88 bits per heavy atom. The number of amides is 1. The highest BCUT2D eigenvalue weighted by Gasteiger charge is 2.22. The monoisotopic (exact) mass is 330 g/mol. The molecule has 2 aromatic rings. The first-order valence-electron chi connectivity index (χ1n) is 8.18.